The normalized spacial score (nSPS) is 11.8. The molecule has 0 fully saturated rings. The number of aromatic nitrogens is 2. The number of nitrogens with two attached hydrogens (primary N) is 1. The maximum atomic E-state index is 12.8. The SMILES string of the molecule is Cc1ccc(-c2cn(C)nc2C(F)(F)F)cc1N. The summed E-state index contributed by atoms with van der Waals surface area (Å²) in [6.07, 6.45) is -3.14. The van der Waals surface area contributed by atoms with Gasteiger partial charge in [-0.05, 0) is 24.1 Å². The number of halogens is 3. The van der Waals surface area contributed by atoms with Crippen LogP contribution in [0.2, 0.25) is 0 Å². The molecule has 0 saturated carbocycles. The van der Waals surface area contributed by atoms with Crippen molar-refractivity contribution in [2.45, 2.75) is 13.1 Å². The molecule has 0 atom stereocenters. The molecule has 1 aromatic carbocycles. The van der Waals surface area contributed by atoms with Crippen molar-refractivity contribution in [2.75, 3.05) is 5.73 Å². The second-order valence-electron chi connectivity index (χ2n) is 4.13. The van der Waals surface area contributed by atoms with Crippen molar-refractivity contribution in [2.24, 2.45) is 7.05 Å². The lowest BCUT2D eigenvalue weighted by Crippen LogP contribution is -2.08. The van der Waals surface area contributed by atoms with Gasteiger partial charge in [-0.25, -0.2) is 0 Å². The number of benzene rings is 1. The predicted octanol–water partition coefficient (Wildman–Crippen LogP) is 3.00. The molecule has 1 aromatic heterocycles. The lowest BCUT2D eigenvalue weighted by molar-refractivity contribution is -0.140. The third-order valence-electron chi connectivity index (χ3n) is 2.69. The van der Waals surface area contributed by atoms with E-state index in [9.17, 15) is 13.2 Å². The smallest absolute Gasteiger partial charge is 0.398 e. The lowest BCUT2D eigenvalue weighted by Gasteiger charge is -2.07. The largest absolute Gasteiger partial charge is 0.435 e. The number of alkyl halides is 3. The van der Waals surface area contributed by atoms with Gasteiger partial charge in [0.05, 0.1) is 0 Å². The van der Waals surface area contributed by atoms with Gasteiger partial charge in [-0.2, -0.15) is 18.3 Å². The second kappa shape index (κ2) is 4.04. The predicted molar refractivity (Wildman–Crippen MR) is 62.8 cm³/mol. The van der Waals surface area contributed by atoms with Crippen molar-refractivity contribution in [3.8, 4) is 11.1 Å². The molecule has 0 bridgehead atoms. The van der Waals surface area contributed by atoms with Gasteiger partial charge in [0.15, 0.2) is 5.69 Å². The highest BCUT2D eigenvalue weighted by Crippen LogP contribution is 2.36. The first-order valence-corrected chi connectivity index (χ1v) is 5.26. The molecule has 18 heavy (non-hydrogen) atoms. The van der Waals surface area contributed by atoms with Gasteiger partial charge in [0.2, 0.25) is 0 Å². The zero-order chi connectivity index (χ0) is 13.5. The molecule has 0 saturated heterocycles. The van der Waals surface area contributed by atoms with Crippen LogP contribution < -0.4 is 5.73 Å². The third kappa shape index (κ3) is 2.18. The topological polar surface area (TPSA) is 43.8 Å². The highest BCUT2D eigenvalue weighted by Gasteiger charge is 2.37. The number of hydrogen-bond donors (Lipinski definition) is 1. The Labute approximate surface area is 102 Å². The van der Waals surface area contributed by atoms with Crippen molar-refractivity contribution >= 4 is 5.69 Å². The van der Waals surface area contributed by atoms with Gasteiger partial charge in [-0.15, -0.1) is 0 Å². The fraction of sp³-hybridized carbons (Fsp3) is 0.250. The Bertz CT molecular complexity index is 585. The van der Waals surface area contributed by atoms with E-state index in [1.165, 1.54) is 19.3 Å². The molecule has 96 valence electrons. The summed E-state index contributed by atoms with van der Waals surface area (Å²) in [6.45, 7) is 1.80. The lowest BCUT2D eigenvalue weighted by atomic mass is 10.0. The van der Waals surface area contributed by atoms with Crippen LogP contribution in [0.5, 0.6) is 0 Å². The third-order valence-corrected chi connectivity index (χ3v) is 2.69. The van der Waals surface area contributed by atoms with E-state index in [1.54, 1.807) is 19.1 Å². The van der Waals surface area contributed by atoms with E-state index in [4.69, 9.17) is 5.73 Å². The van der Waals surface area contributed by atoms with Crippen LogP contribution in [0.15, 0.2) is 24.4 Å². The second-order valence-corrected chi connectivity index (χ2v) is 4.13. The monoisotopic (exact) mass is 255 g/mol. The number of nitrogens with zero attached hydrogens (tertiary/aromatic N) is 2. The molecule has 1 heterocycles. The quantitative estimate of drug-likeness (QED) is 0.796. The number of nitrogen functional groups attached to an aromatic ring is 1. The zero-order valence-electron chi connectivity index (χ0n) is 9.92. The Kier molecular flexibility index (Phi) is 2.80. The molecule has 0 aliphatic heterocycles. The Morgan fingerprint density at radius 2 is 1.94 bits per heavy atom. The molecule has 2 N–H and O–H groups in total. The Hall–Kier alpha value is -1.98. The molecule has 6 heteroatoms. The molecule has 2 aromatic rings. The summed E-state index contributed by atoms with van der Waals surface area (Å²) < 4.78 is 39.6. The van der Waals surface area contributed by atoms with Crippen LogP contribution in [0.25, 0.3) is 11.1 Å². The first-order chi connectivity index (χ1) is 8.29. The van der Waals surface area contributed by atoms with E-state index in [2.05, 4.69) is 5.10 Å². The molecular weight excluding hydrogens is 243 g/mol. The fourth-order valence-electron chi connectivity index (χ4n) is 1.72. The summed E-state index contributed by atoms with van der Waals surface area (Å²) in [5.74, 6) is 0. The molecule has 0 amide bonds. The van der Waals surface area contributed by atoms with E-state index in [0.717, 1.165) is 10.2 Å². The fourth-order valence-corrected chi connectivity index (χ4v) is 1.72. The molecule has 0 unspecified atom stereocenters. The number of hydrogen-bond acceptors (Lipinski definition) is 2. The summed E-state index contributed by atoms with van der Waals surface area (Å²) in [6, 6.07) is 4.83. The van der Waals surface area contributed by atoms with Gasteiger partial charge >= 0.3 is 6.18 Å². The van der Waals surface area contributed by atoms with Crippen LogP contribution in [0, 0.1) is 6.92 Å². The average Bonchev–Trinajstić information content (AvgIpc) is 2.64. The van der Waals surface area contributed by atoms with Crippen LogP contribution >= 0.6 is 0 Å². The zero-order valence-corrected chi connectivity index (χ0v) is 9.92. The molecule has 0 aliphatic carbocycles. The maximum absolute atomic E-state index is 12.8. The van der Waals surface area contributed by atoms with Gasteiger partial charge < -0.3 is 5.73 Å². The van der Waals surface area contributed by atoms with Crippen LogP contribution in [0.1, 0.15) is 11.3 Å². The van der Waals surface area contributed by atoms with Crippen molar-refractivity contribution in [3.05, 3.63) is 35.7 Å². The van der Waals surface area contributed by atoms with Crippen LogP contribution in [-0.4, -0.2) is 9.78 Å². The molecule has 0 spiro atoms. The summed E-state index contributed by atoms with van der Waals surface area (Å²) in [7, 11) is 1.45. The molecule has 3 nitrogen and oxygen atoms in total. The van der Waals surface area contributed by atoms with Crippen LogP contribution in [0.3, 0.4) is 0 Å². The van der Waals surface area contributed by atoms with E-state index < -0.39 is 11.9 Å². The minimum Gasteiger partial charge on any atom is -0.398 e. The van der Waals surface area contributed by atoms with E-state index in [1.807, 2.05) is 0 Å². The molecule has 0 radical (unpaired) electrons. The van der Waals surface area contributed by atoms with E-state index >= 15 is 0 Å². The van der Waals surface area contributed by atoms with Gasteiger partial charge in [-0.1, -0.05) is 12.1 Å². The van der Waals surface area contributed by atoms with Crippen LogP contribution in [0.4, 0.5) is 18.9 Å². The Morgan fingerprint density at radius 1 is 1.28 bits per heavy atom. The minimum atomic E-state index is -4.48. The highest BCUT2D eigenvalue weighted by molar-refractivity contribution is 5.70. The van der Waals surface area contributed by atoms with E-state index in [0.29, 0.717) is 11.3 Å². The summed E-state index contributed by atoms with van der Waals surface area (Å²) in [4.78, 5) is 0. The van der Waals surface area contributed by atoms with Crippen molar-refractivity contribution < 1.29 is 13.2 Å². The van der Waals surface area contributed by atoms with Crippen molar-refractivity contribution in [1.29, 1.82) is 0 Å². The maximum Gasteiger partial charge on any atom is 0.435 e. The molecule has 0 aliphatic rings. The first kappa shape index (κ1) is 12.5. The molecular formula is C12H12F3N3. The van der Waals surface area contributed by atoms with Gasteiger partial charge in [0.25, 0.3) is 0 Å². The minimum absolute atomic E-state index is 0.0386. The number of anilines is 1. The number of aryl methyl sites for hydroxylation is 2. The average molecular weight is 255 g/mol. The standard InChI is InChI=1S/C12H12F3N3/c1-7-3-4-8(5-10(7)16)9-6-18(2)17-11(9)12(13,14)15/h3-6H,16H2,1-2H3. The van der Waals surface area contributed by atoms with Gasteiger partial charge in [0.1, 0.15) is 0 Å². The first-order valence-electron chi connectivity index (χ1n) is 5.26. The summed E-state index contributed by atoms with van der Waals surface area (Å²) in [5.41, 5.74) is 6.57. The Morgan fingerprint density at radius 3 is 2.50 bits per heavy atom. The van der Waals surface area contributed by atoms with Crippen molar-refractivity contribution in [1.82, 2.24) is 9.78 Å². The summed E-state index contributed by atoms with van der Waals surface area (Å²) in [5, 5.41) is 3.46. The van der Waals surface area contributed by atoms with Crippen LogP contribution in [-0.2, 0) is 13.2 Å². The van der Waals surface area contributed by atoms with Gasteiger partial charge in [-0.3, -0.25) is 4.68 Å². The highest BCUT2D eigenvalue weighted by atomic mass is 19.4. The van der Waals surface area contributed by atoms with Gasteiger partial charge in [0, 0.05) is 24.5 Å². The Balaban J connectivity index is 2.60. The van der Waals surface area contributed by atoms with E-state index in [-0.39, 0.29) is 5.56 Å². The van der Waals surface area contributed by atoms with Crippen molar-refractivity contribution in [3.63, 3.8) is 0 Å². The molecule has 2 rings (SSSR count). The summed E-state index contributed by atoms with van der Waals surface area (Å²) >= 11 is 0. The number of rotatable bonds is 1.